The van der Waals surface area contributed by atoms with Gasteiger partial charge in [0.2, 0.25) is 5.91 Å². The van der Waals surface area contributed by atoms with Crippen LogP contribution in [0.15, 0.2) is 37.1 Å². The number of hydrogen-bond donors (Lipinski definition) is 3. The van der Waals surface area contributed by atoms with E-state index in [0.717, 1.165) is 6.20 Å². The number of carbonyl (C=O) groups excluding carboxylic acids is 2. The minimum atomic E-state index is -1.15. The van der Waals surface area contributed by atoms with E-state index < -0.39 is 30.3 Å². The van der Waals surface area contributed by atoms with Gasteiger partial charge in [0.25, 0.3) is 0 Å². The van der Waals surface area contributed by atoms with Crippen molar-refractivity contribution in [3.8, 4) is 11.3 Å². The van der Waals surface area contributed by atoms with E-state index in [0.29, 0.717) is 33.3 Å². The fourth-order valence-corrected chi connectivity index (χ4v) is 3.24. The first-order valence-corrected chi connectivity index (χ1v) is 8.92. The van der Waals surface area contributed by atoms with Crippen LogP contribution in [0.4, 0.5) is 4.39 Å². The first kappa shape index (κ1) is 19.5. The van der Waals surface area contributed by atoms with E-state index in [1.54, 1.807) is 23.0 Å². The molecule has 0 aliphatic rings. The number of hydrogen-bond acceptors (Lipinski definition) is 7. The van der Waals surface area contributed by atoms with Crippen LogP contribution in [0.2, 0.25) is 0 Å². The van der Waals surface area contributed by atoms with Crippen LogP contribution < -0.4 is 5.32 Å². The number of halogens is 1. The number of aliphatic hydroxyl groups is 1. The van der Waals surface area contributed by atoms with Gasteiger partial charge in [0.1, 0.15) is 30.0 Å². The van der Waals surface area contributed by atoms with Gasteiger partial charge in [-0.1, -0.05) is 0 Å². The summed E-state index contributed by atoms with van der Waals surface area (Å²) in [6, 6.07) is 1.96. The molecule has 0 saturated heterocycles. The van der Waals surface area contributed by atoms with E-state index >= 15 is 0 Å². The lowest BCUT2D eigenvalue weighted by molar-refractivity contribution is -0.146. The van der Waals surface area contributed by atoms with E-state index in [9.17, 15) is 19.1 Å². The summed E-state index contributed by atoms with van der Waals surface area (Å²) in [7, 11) is 1.17. The molecule has 0 bridgehead atoms. The second kappa shape index (κ2) is 7.87. The topological polar surface area (TPSA) is 135 Å². The van der Waals surface area contributed by atoms with Gasteiger partial charge in [0.05, 0.1) is 25.6 Å². The molecule has 0 radical (unpaired) electrons. The predicted molar refractivity (Wildman–Crippen MR) is 104 cm³/mol. The smallest absolute Gasteiger partial charge is 0.330 e. The quantitative estimate of drug-likeness (QED) is 0.398. The molecular weight excluding hydrogens is 395 g/mol. The molecule has 0 spiro atoms. The van der Waals surface area contributed by atoms with Crippen LogP contribution in [0.1, 0.15) is 0 Å². The van der Waals surface area contributed by atoms with Gasteiger partial charge in [-0.05, 0) is 12.1 Å². The van der Waals surface area contributed by atoms with Crippen molar-refractivity contribution >= 4 is 33.9 Å². The molecule has 3 N–H and O–H groups in total. The van der Waals surface area contributed by atoms with Crippen molar-refractivity contribution in [2.24, 2.45) is 0 Å². The molecule has 0 aliphatic heterocycles. The molecular formula is C19H17FN6O4. The van der Waals surface area contributed by atoms with Gasteiger partial charge < -0.3 is 24.7 Å². The fraction of sp³-hybridized carbons (Fsp3) is 0.211. The number of H-pyrrole nitrogens is 1. The first-order valence-electron chi connectivity index (χ1n) is 8.92. The van der Waals surface area contributed by atoms with Crippen LogP contribution in [0.5, 0.6) is 0 Å². The number of amides is 1. The normalized spacial score (nSPS) is 12.2. The Kier molecular flexibility index (Phi) is 5.11. The number of aromatic amines is 1. The number of aromatic nitrogens is 5. The number of rotatable bonds is 6. The standard InChI is InChI=1S/C19H17FN6O4/c1-30-19(29)14(8-27)25-15(28)7-26-3-2-11-16(23-9-24-18(11)26)13-6-22-17-12(13)4-10(20)5-21-17/h2-6,9,14,27H,7-8H2,1H3,(H,21,22)(H,25,28)/t14-/m0/s1. The Bertz CT molecular complexity index is 1250. The zero-order valence-corrected chi connectivity index (χ0v) is 15.8. The van der Waals surface area contributed by atoms with E-state index in [1.807, 2.05) is 0 Å². The van der Waals surface area contributed by atoms with Crippen molar-refractivity contribution in [2.75, 3.05) is 13.7 Å². The third kappa shape index (κ3) is 3.46. The molecule has 0 aliphatic carbocycles. The van der Waals surface area contributed by atoms with Crippen LogP contribution in [-0.4, -0.2) is 61.2 Å². The molecule has 30 heavy (non-hydrogen) atoms. The van der Waals surface area contributed by atoms with Gasteiger partial charge in [0, 0.05) is 28.7 Å². The molecule has 0 aromatic carbocycles. The SMILES string of the molecule is COC(=O)[C@H](CO)NC(=O)Cn1ccc2c(-c3c[nH]c4ncc(F)cc34)ncnc21. The molecule has 4 aromatic heterocycles. The van der Waals surface area contributed by atoms with Gasteiger partial charge in [-0.25, -0.2) is 24.1 Å². The van der Waals surface area contributed by atoms with E-state index in [-0.39, 0.29) is 6.54 Å². The number of carbonyl (C=O) groups is 2. The molecule has 4 aromatic rings. The third-order valence-electron chi connectivity index (χ3n) is 4.63. The summed E-state index contributed by atoms with van der Waals surface area (Å²) in [6.07, 6.45) is 5.82. The lowest BCUT2D eigenvalue weighted by Crippen LogP contribution is -2.45. The predicted octanol–water partition coefficient (Wildman–Crippen LogP) is 0.764. The number of esters is 1. The number of pyridine rings is 1. The number of methoxy groups -OCH3 is 1. The second-order valence-electron chi connectivity index (χ2n) is 6.48. The van der Waals surface area contributed by atoms with Gasteiger partial charge in [-0.15, -0.1) is 0 Å². The molecule has 10 nitrogen and oxygen atoms in total. The summed E-state index contributed by atoms with van der Waals surface area (Å²) in [5.41, 5.74) is 2.21. The van der Waals surface area contributed by atoms with Crippen molar-refractivity contribution < 1.29 is 23.8 Å². The number of aliphatic hydroxyl groups excluding tert-OH is 1. The summed E-state index contributed by atoms with van der Waals surface area (Å²) in [6.45, 7) is -0.722. The molecule has 0 saturated carbocycles. The van der Waals surface area contributed by atoms with Crippen LogP contribution in [-0.2, 0) is 20.9 Å². The number of fused-ring (bicyclic) bond motifs is 2. The highest BCUT2D eigenvalue weighted by Crippen LogP contribution is 2.31. The summed E-state index contributed by atoms with van der Waals surface area (Å²) in [4.78, 5) is 39.4. The van der Waals surface area contributed by atoms with E-state index in [4.69, 9.17) is 0 Å². The lowest BCUT2D eigenvalue weighted by Gasteiger charge is -2.14. The van der Waals surface area contributed by atoms with Crippen molar-refractivity contribution in [2.45, 2.75) is 12.6 Å². The Morgan fingerprint density at radius 1 is 1.33 bits per heavy atom. The highest BCUT2D eigenvalue weighted by molar-refractivity contribution is 6.01. The first-order chi connectivity index (χ1) is 14.5. The molecule has 154 valence electrons. The largest absolute Gasteiger partial charge is 0.467 e. The van der Waals surface area contributed by atoms with Gasteiger partial charge in [-0.2, -0.15) is 0 Å². The summed E-state index contributed by atoms with van der Waals surface area (Å²) >= 11 is 0. The number of ether oxygens (including phenoxy) is 1. The van der Waals surface area contributed by atoms with E-state index in [1.165, 1.54) is 19.5 Å². The minimum Gasteiger partial charge on any atom is -0.467 e. The summed E-state index contributed by atoms with van der Waals surface area (Å²) in [5.74, 6) is -1.71. The second-order valence-corrected chi connectivity index (χ2v) is 6.48. The molecule has 11 heteroatoms. The Morgan fingerprint density at radius 2 is 2.17 bits per heavy atom. The average molecular weight is 412 g/mol. The average Bonchev–Trinajstić information content (AvgIpc) is 3.35. The maximum atomic E-state index is 13.7. The van der Waals surface area contributed by atoms with E-state index in [2.05, 4.69) is 30.0 Å². The molecule has 4 heterocycles. The van der Waals surface area contributed by atoms with Gasteiger partial charge >= 0.3 is 5.97 Å². The van der Waals surface area contributed by atoms with Crippen LogP contribution in [0.3, 0.4) is 0 Å². The Labute approximate surface area is 168 Å². The highest BCUT2D eigenvalue weighted by Gasteiger charge is 2.21. The van der Waals surface area contributed by atoms with Crippen LogP contribution in [0, 0.1) is 5.82 Å². The molecule has 1 amide bonds. The summed E-state index contributed by atoms with van der Waals surface area (Å²) in [5, 5.41) is 12.9. The van der Waals surface area contributed by atoms with Gasteiger partial charge in [0.15, 0.2) is 6.04 Å². The Hall–Kier alpha value is -3.86. The van der Waals surface area contributed by atoms with Crippen LogP contribution in [0.25, 0.3) is 33.3 Å². The maximum Gasteiger partial charge on any atom is 0.330 e. The van der Waals surface area contributed by atoms with Crippen molar-refractivity contribution in [1.82, 2.24) is 29.8 Å². The monoisotopic (exact) mass is 412 g/mol. The van der Waals surface area contributed by atoms with Crippen molar-refractivity contribution in [1.29, 1.82) is 0 Å². The lowest BCUT2D eigenvalue weighted by atomic mass is 10.1. The zero-order valence-electron chi connectivity index (χ0n) is 15.8. The molecule has 0 unspecified atom stereocenters. The van der Waals surface area contributed by atoms with Crippen molar-refractivity contribution in [3.05, 3.63) is 42.9 Å². The fourth-order valence-electron chi connectivity index (χ4n) is 3.24. The third-order valence-corrected chi connectivity index (χ3v) is 4.63. The maximum absolute atomic E-state index is 13.7. The van der Waals surface area contributed by atoms with Crippen molar-refractivity contribution in [3.63, 3.8) is 0 Å². The minimum absolute atomic E-state index is 0.141. The number of nitrogens with one attached hydrogen (secondary N) is 2. The highest BCUT2D eigenvalue weighted by atomic mass is 19.1. The molecule has 1 atom stereocenters. The van der Waals surface area contributed by atoms with Crippen LogP contribution >= 0.6 is 0 Å². The Morgan fingerprint density at radius 3 is 2.93 bits per heavy atom. The number of nitrogens with zero attached hydrogens (tertiary/aromatic N) is 4. The molecule has 4 rings (SSSR count). The summed E-state index contributed by atoms with van der Waals surface area (Å²) < 4.78 is 19.8. The zero-order chi connectivity index (χ0) is 21.3. The Balaban J connectivity index is 1.66. The van der Waals surface area contributed by atoms with Gasteiger partial charge in [-0.3, -0.25) is 4.79 Å². The molecule has 0 fully saturated rings.